The lowest BCUT2D eigenvalue weighted by Gasteiger charge is -2.09. The molecule has 0 aliphatic heterocycles. The van der Waals surface area contributed by atoms with Crippen molar-refractivity contribution in [1.82, 2.24) is 10.2 Å². The third kappa shape index (κ3) is 4.20. The first kappa shape index (κ1) is 18.8. The number of aromatic nitrogens is 2. The zero-order valence-corrected chi connectivity index (χ0v) is 15.0. The second-order valence-corrected chi connectivity index (χ2v) is 6.98. The van der Waals surface area contributed by atoms with Gasteiger partial charge in [-0.25, -0.2) is 0 Å². The van der Waals surface area contributed by atoms with E-state index < -0.39 is 11.7 Å². The summed E-state index contributed by atoms with van der Waals surface area (Å²) >= 11 is 12.9. The van der Waals surface area contributed by atoms with Gasteiger partial charge in [-0.1, -0.05) is 40.6 Å². The van der Waals surface area contributed by atoms with Crippen LogP contribution < -0.4 is 4.74 Å². The van der Waals surface area contributed by atoms with Gasteiger partial charge >= 0.3 is 6.18 Å². The Bertz CT molecular complexity index is 924. The second-order valence-electron chi connectivity index (χ2n) is 5.10. The molecule has 0 fully saturated rings. The van der Waals surface area contributed by atoms with Crippen LogP contribution in [0.5, 0.6) is 11.5 Å². The largest absolute Gasteiger partial charge is 0.505 e. The van der Waals surface area contributed by atoms with Crippen molar-refractivity contribution in [3.63, 3.8) is 0 Å². The van der Waals surface area contributed by atoms with Crippen molar-refractivity contribution < 1.29 is 23.0 Å². The quantitative estimate of drug-likeness (QED) is 0.577. The van der Waals surface area contributed by atoms with E-state index in [4.69, 9.17) is 27.9 Å². The van der Waals surface area contributed by atoms with Crippen LogP contribution in [0.4, 0.5) is 13.2 Å². The highest BCUT2D eigenvalue weighted by Crippen LogP contribution is 2.37. The van der Waals surface area contributed by atoms with Crippen LogP contribution in [-0.2, 0) is 12.8 Å². The van der Waals surface area contributed by atoms with Gasteiger partial charge in [0.2, 0.25) is 0 Å². The van der Waals surface area contributed by atoms with E-state index in [1.165, 1.54) is 35.6 Å². The average molecular weight is 421 g/mol. The maximum absolute atomic E-state index is 12.7. The van der Waals surface area contributed by atoms with Crippen LogP contribution in [0.1, 0.15) is 10.6 Å². The van der Waals surface area contributed by atoms with Crippen LogP contribution in [0.15, 0.2) is 36.4 Å². The molecule has 0 aliphatic rings. The summed E-state index contributed by atoms with van der Waals surface area (Å²) < 4.78 is 43.5. The maximum atomic E-state index is 12.7. The zero-order valence-electron chi connectivity index (χ0n) is 12.7. The van der Waals surface area contributed by atoms with E-state index in [1.54, 1.807) is 0 Å². The molecule has 10 heteroatoms. The SMILES string of the molecule is Oc1c(Cl)cc(-c2nnc(COc3cccc(C(F)(F)F)c3)s2)cc1Cl. The Morgan fingerprint density at radius 2 is 1.77 bits per heavy atom. The van der Waals surface area contributed by atoms with Crippen molar-refractivity contribution in [2.75, 3.05) is 0 Å². The van der Waals surface area contributed by atoms with Gasteiger partial charge in [0.1, 0.15) is 17.4 Å². The lowest BCUT2D eigenvalue weighted by molar-refractivity contribution is -0.137. The van der Waals surface area contributed by atoms with Crippen molar-refractivity contribution in [3.05, 3.63) is 57.0 Å². The molecule has 0 spiro atoms. The Balaban J connectivity index is 1.74. The monoisotopic (exact) mass is 420 g/mol. The summed E-state index contributed by atoms with van der Waals surface area (Å²) in [5.74, 6) is -0.151. The normalized spacial score (nSPS) is 11.6. The van der Waals surface area contributed by atoms with E-state index in [0.29, 0.717) is 15.6 Å². The van der Waals surface area contributed by atoms with E-state index >= 15 is 0 Å². The summed E-state index contributed by atoms with van der Waals surface area (Å²) in [7, 11) is 0. The second kappa shape index (κ2) is 7.30. The van der Waals surface area contributed by atoms with Crippen LogP contribution >= 0.6 is 34.5 Å². The molecule has 0 atom stereocenters. The topological polar surface area (TPSA) is 55.2 Å². The molecule has 4 nitrogen and oxygen atoms in total. The minimum Gasteiger partial charge on any atom is -0.505 e. The van der Waals surface area contributed by atoms with E-state index in [0.717, 1.165) is 12.1 Å². The molecule has 0 saturated heterocycles. The molecule has 0 amide bonds. The third-order valence-corrected chi connectivity index (χ3v) is 4.78. The fraction of sp³-hybridized carbons (Fsp3) is 0.125. The van der Waals surface area contributed by atoms with Gasteiger partial charge < -0.3 is 9.84 Å². The Morgan fingerprint density at radius 1 is 1.08 bits per heavy atom. The molecular weight excluding hydrogens is 412 g/mol. The molecule has 26 heavy (non-hydrogen) atoms. The Labute approximate surface area is 159 Å². The smallest absolute Gasteiger partial charge is 0.416 e. The zero-order chi connectivity index (χ0) is 18.9. The lowest BCUT2D eigenvalue weighted by atomic mass is 10.2. The average Bonchev–Trinajstić information content (AvgIpc) is 3.06. The predicted octanol–water partition coefficient (Wildman–Crippen LogP) is 5.82. The fourth-order valence-electron chi connectivity index (χ4n) is 2.02. The number of hydrogen-bond acceptors (Lipinski definition) is 5. The van der Waals surface area contributed by atoms with E-state index in [9.17, 15) is 18.3 Å². The number of nitrogens with zero attached hydrogens (tertiary/aromatic N) is 2. The number of benzene rings is 2. The van der Waals surface area contributed by atoms with Crippen molar-refractivity contribution in [3.8, 4) is 22.1 Å². The van der Waals surface area contributed by atoms with E-state index in [-0.39, 0.29) is 28.2 Å². The number of hydrogen-bond donors (Lipinski definition) is 1. The van der Waals surface area contributed by atoms with Gasteiger partial charge in [0.05, 0.1) is 15.6 Å². The Kier molecular flexibility index (Phi) is 5.27. The Hall–Kier alpha value is -2.03. The van der Waals surface area contributed by atoms with Gasteiger partial charge in [-0.3, -0.25) is 0 Å². The van der Waals surface area contributed by atoms with Crippen molar-refractivity contribution in [2.24, 2.45) is 0 Å². The van der Waals surface area contributed by atoms with Gasteiger partial charge in [-0.2, -0.15) is 13.2 Å². The van der Waals surface area contributed by atoms with E-state index in [1.807, 2.05) is 0 Å². The molecular formula is C16H9Cl2F3N2O2S. The van der Waals surface area contributed by atoms with Crippen LogP contribution in [0.3, 0.4) is 0 Å². The molecule has 0 saturated carbocycles. The van der Waals surface area contributed by atoms with Crippen molar-refractivity contribution >= 4 is 34.5 Å². The molecule has 2 aromatic carbocycles. The van der Waals surface area contributed by atoms with Crippen LogP contribution in [0.25, 0.3) is 10.6 Å². The summed E-state index contributed by atoms with van der Waals surface area (Å²) in [5.41, 5.74) is -0.234. The number of ether oxygens (including phenoxy) is 1. The first-order chi connectivity index (χ1) is 12.2. The predicted molar refractivity (Wildman–Crippen MR) is 92.8 cm³/mol. The Morgan fingerprint density at radius 3 is 2.42 bits per heavy atom. The lowest BCUT2D eigenvalue weighted by Crippen LogP contribution is -2.05. The summed E-state index contributed by atoms with van der Waals surface area (Å²) in [6.45, 7) is -0.0431. The first-order valence-electron chi connectivity index (χ1n) is 7.05. The molecule has 1 aromatic heterocycles. The highest BCUT2D eigenvalue weighted by Gasteiger charge is 2.30. The fourth-order valence-corrected chi connectivity index (χ4v) is 3.25. The molecule has 0 aliphatic carbocycles. The molecule has 1 N–H and O–H groups in total. The molecule has 0 unspecified atom stereocenters. The summed E-state index contributed by atoms with van der Waals surface area (Å²) in [6, 6.07) is 7.55. The number of phenols is 1. The van der Waals surface area contributed by atoms with Gasteiger partial charge in [-0.15, -0.1) is 10.2 Å². The van der Waals surface area contributed by atoms with Gasteiger partial charge in [0.25, 0.3) is 0 Å². The molecule has 3 aromatic rings. The molecule has 0 radical (unpaired) electrons. The van der Waals surface area contributed by atoms with E-state index in [2.05, 4.69) is 10.2 Å². The number of rotatable bonds is 4. The highest BCUT2D eigenvalue weighted by molar-refractivity contribution is 7.14. The first-order valence-corrected chi connectivity index (χ1v) is 8.62. The van der Waals surface area contributed by atoms with Crippen molar-refractivity contribution in [2.45, 2.75) is 12.8 Å². The van der Waals surface area contributed by atoms with Crippen molar-refractivity contribution in [1.29, 1.82) is 0 Å². The molecule has 136 valence electrons. The molecule has 3 rings (SSSR count). The van der Waals surface area contributed by atoms with Crippen LogP contribution in [0, 0.1) is 0 Å². The van der Waals surface area contributed by atoms with Gasteiger partial charge in [0, 0.05) is 5.56 Å². The number of halogens is 5. The summed E-state index contributed by atoms with van der Waals surface area (Å²) in [6.07, 6.45) is -4.44. The molecule has 1 heterocycles. The maximum Gasteiger partial charge on any atom is 0.416 e. The summed E-state index contributed by atoms with van der Waals surface area (Å²) in [5, 5.41) is 18.6. The minimum atomic E-state index is -4.44. The van der Waals surface area contributed by atoms with Crippen LogP contribution in [-0.4, -0.2) is 15.3 Å². The third-order valence-electron chi connectivity index (χ3n) is 3.25. The molecule has 0 bridgehead atoms. The van der Waals surface area contributed by atoms with Gasteiger partial charge in [-0.05, 0) is 30.3 Å². The number of alkyl halides is 3. The highest BCUT2D eigenvalue weighted by atomic mass is 35.5. The minimum absolute atomic E-state index is 0.0431. The standard InChI is InChI=1S/C16H9Cl2F3N2O2S/c17-11-4-8(5-12(18)14(11)24)15-23-22-13(26-15)7-25-10-3-1-2-9(6-10)16(19,20)21/h1-6,24H,7H2. The van der Waals surface area contributed by atoms with Gasteiger partial charge in [0.15, 0.2) is 10.8 Å². The van der Waals surface area contributed by atoms with Crippen LogP contribution in [0.2, 0.25) is 10.0 Å². The summed E-state index contributed by atoms with van der Waals surface area (Å²) in [4.78, 5) is 0. The number of aromatic hydroxyl groups is 1. The number of phenolic OH excluding ortho intramolecular Hbond substituents is 1.